The van der Waals surface area contributed by atoms with Crippen LogP contribution in [0.25, 0.3) is 11.0 Å². The summed E-state index contributed by atoms with van der Waals surface area (Å²) in [5.41, 5.74) is 8.45. The standard InChI is InChI=1S/C12H13N5/c1-16-5-4-14-12(16)7-17-8-15-10-6-9(13)2-3-11(10)17/h2-6,8H,7,13H2,1H3. The van der Waals surface area contributed by atoms with Crippen LogP contribution < -0.4 is 5.73 Å². The van der Waals surface area contributed by atoms with E-state index in [4.69, 9.17) is 5.73 Å². The van der Waals surface area contributed by atoms with Gasteiger partial charge in [0.2, 0.25) is 0 Å². The van der Waals surface area contributed by atoms with Crippen molar-refractivity contribution in [3.05, 3.63) is 42.7 Å². The number of aryl methyl sites for hydroxylation is 1. The van der Waals surface area contributed by atoms with Gasteiger partial charge in [0, 0.05) is 25.1 Å². The molecule has 1 aromatic carbocycles. The van der Waals surface area contributed by atoms with E-state index < -0.39 is 0 Å². The average molecular weight is 227 g/mol. The first-order valence-electron chi connectivity index (χ1n) is 5.40. The molecule has 0 saturated carbocycles. The van der Waals surface area contributed by atoms with E-state index in [0.717, 1.165) is 22.5 Å². The fourth-order valence-electron chi connectivity index (χ4n) is 1.91. The predicted molar refractivity (Wildman–Crippen MR) is 66.5 cm³/mol. The third-order valence-corrected chi connectivity index (χ3v) is 2.88. The van der Waals surface area contributed by atoms with Gasteiger partial charge in [0.25, 0.3) is 0 Å². The maximum atomic E-state index is 5.73. The number of nitrogens with two attached hydrogens (primary N) is 1. The van der Waals surface area contributed by atoms with E-state index >= 15 is 0 Å². The highest BCUT2D eigenvalue weighted by molar-refractivity contribution is 5.78. The van der Waals surface area contributed by atoms with E-state index in [1.807, 2.05) is 42.3 Å². The topological polar surface area (TPSA) is 61.7 Å². The Hall–Kier alpha value is -2.30. The molecule has 0 aliphatic carbocycles. The monoisotopic (exact) mass is 227 g/mol. The summed E-state index contributed by atoms with van der Waals surface area (Å²) < 4.78 is 4.07. The van der Waals surface area contributed by atoms with Crippen LogP contribution in [0.1, 0.15) is 5.82 Å². The first-order valence-corrected chi connectivity index (χ1v) is 5.40. The van der Waals surface area contributed by atoms with Gasteiger partial charge in [-0.05, 0) is 18.2 Å². The van der Waals surface area contributed by atoms with Crippen molar-refractivity contribution in [2.75, 3.05) is 5.73 Å². The van der Waals surface area contributed by atoms with Crippen LogP contribution in [0.2, 0.25) is 0 Å². The molecule has 2 N–H and O–H groups in total. The maximum absolute atomic E-state index is 5.73. The van der Waals surface area contributed by atoms with Gasteiger partial charge in [-0.1, -0.05) is 0 Å². The number of nitrogens with zero attached hydrogens (tertiary/aromatic N) is 4. The molecule has 0 atom stereocenters. The third kappa shape index (κ3) is 1.65. The summed E-state index contributed by atoms with van der Waals surface area (Å²) in [5, 5.41) is 0. The SMILES string of the molecule is Cn1ccnc1Cn1cnc2cc(N)ccc21. The number of nitrogen functional groups attached to an aromatic ring is 1. The minimum Gasteiger partial charge on any atom is -0.399 e. The van der Waals surface area contributed by atoms with E-state index in [0.29, 0.717) is 6.54 Å². The number of benzene rings is 1. The van der Waals surface area contributed by atoms with Crippen molar-refractivity contribution in [2.24, 2.45) is 7.05 Å². The largest absolute Gasteiger partial charge is 0.399 e. The number of rotatable bonds is 2. The lowest BCUT2D eigenvalue weighted by Crippen LogP contribution is -2.04. The molecule has 0 bridgehead atoms. The van der Waals surface area contributed by atoms with Gasteiger partial charge >= 0.3 is 0 Å². The van der Waals surface area contributed by atoms with E-state index in [1.54, 1.807) is 6.20 Å². The van der Waals surface area contributed by atoms with Crippen molar-refractivity contribution in [3.8, 4) is 0 Å². The number of fused-ring (bicyclic) bond motifs is 1. The molecule has 5 nitrogen and oxygen atoms in total. The molecule has 0 amide bonds. The molecule has 3 rings (SSSR count). The second-order valence-corrected chi connectivity index (χ2v) is 4.07. The zero-order valence-corrected chi connectivity index (χ0v) is 9.54. The minimum atomic E-state index is 0.712. The first kappa shape index (κ1) is 9.89. The van der Waals surface area contributed by atoms with E-state index in [1.165, 1.54) is 0 Å². The molecule has 86 valence electrons. The lowest BCUT2D eigenvalue weighted by Gasteiger charge is -2.04. The zero-order chi connectivity index (χ0) is 11.8. The zero-order valence-electron chi connectivity index (χ0n) is 9.54. The van der Waals surface area contributed by atoms with Gasteiger partial charge in [-0.3, -0.25) is 0 Å². The molecule has 0 fully saturated rings. The third-order valence-electron chi connectivity index (χ3n) is 2.88. The highest BCUT2D eigenvalue weighted by atomic mass is 15.1. The van der Waals surface area contributed by atoms with E-state index in [-0.39, 0.29) is 0 Å². The number of hydrogen-bond donors (Lipinski definition) is 1. The van der Waals surface area contributed by atoms with E-state index in [9.17, 15) is 0 Å². The fraction of sp³-hybridized carbons (Fsp3) is 0.167. The second-order valence-electron chi connectivity index (χ2n) is 4.07. The Bertz CT molecular complexity index is 664. The van der Waals surface area contributed by atoms with Crippen molar-refractivity contribution in [1.82, 2.24) is 19.1 Å². The summed E-state index contributed by atoms with van der Waals surface area (Å²) in [6, 6.07) is 5.75. The summed E-state index contributed by atoms with van der Waals surface area (Å²) in [5.74, 6) is 1.00. The van der Waals surface area contributed by atoms with Crippen LogP contribution in [0.5, 0.6) is 0 Å². The van der Waals surface area contributed by atoms with E-state index in [2.05, 4.69) is 14.5 Å². The van der Waals surface area contributed by atoms with Gasteiger partial charge in [0.05, 0.1) is 23.9 Å². The van der Waals surface area contributed by atoms with Crippen LogP contribution in [0.4, 0.5) is 5.69 Å². The Labute approximate surface area is 98.5 Å². The molecule has 0 radical (unpaired) electrons. The van der Waals surface area contributed by atoms with Gasteiger partial charge in [-0.2, -0.15) is 0 Å². The Morgan fingerprint density at radius 3 is 2.94 bits per heavy atom. The number of imidazole rings is 2. The number of aromatic nitrogens is 4. The predicted octanol–water partition coefficient (Wildman–Crippen LogP) is 1.40. The van der Waals surface area contributed by atoms with Crippen molar-refractivity contribution in [1.29, 1.82) is 0 Å². The van der Waals surface area contributed by atoms with Gasteiger partial charge in [0.15, 0.2) is 0 Å². The second kappa shape index (κ2) is 3.62. The van der Waals surface area contributed by atoms with Crippen LogP contribution >= 0.6 is 0 Å². The molecule has 0 aliphatic heterocycles. The minimum absolute atomic E-state index is 0.712. The summed E-state index contributed by atoms with van der Waals surface area (Å²) in [7, 11) is 1.99. The molecule has 17 heavy (non-hydrogen) atoms. The van der Waals surface area contributed by atoms with Crippen LogP contribution in [0, 0.1) is 0 Å². The number of anilines is 1. The normalized spacial score (nSPS) is 11.1. The van der Waals surface area contributed by atoms with Gasteiger partial charge in [-0.15, -0.1) is 0 Å². The van der Waals surface area contributed by atoms with Crippen LogP contribution in [0.15, 0.2) is 36.9 Å². The van der Waals surface area contributed by atoms with Crippen molar-refractivity contribution in [2.45, 2.75) is 6.54 Å². The Morgan fingerprint density at radius 2 is 2.18 bits per heavy atom. The van der Waals surface area contributed by atoms with Gasteiger partial charge < -0.3 is 14.9 Å². The maximum Gasteiger partial charge on any atom is 0.128 e. The molecular weight excluding hydrogens is 214 g/mol. The molecule has 2 aromatic heterocycles. The highest BCUT2D eigenvalue weighted by Gasteiger charge is 2.05. The molecule has 0 unspecified atom stereocenters. The van der Waals surface area contributed by atoms with Crippen LogP contribution in [-0.2, 0) is 13.6 Å². The Morgan fingerprint density at radius 1 is 1.29 bits per heavy atom. The summed E-state index contributed by atoms with van der Waals surface area (Å²) >= 11 is 0. The quantitative estimate of drug-likeness (QED) is 0.673. The lowest BCUT2D eigenvalue weighted by atomic mass is 10.3. The van der Waals surface area contributed by atoms with Crippen molar-refractivity contribution >= 4 is 16.7 Å². The van der Waals surface area contributed by atoms with Crippen LogP contribution in [-0.4, -0.2) is 19.1 Å². The van der Waals surface area contributed by atoms with Gasteiger partial charge in [-0.25, -0.2) is 9.97 Å². The molecule has 0 aliphatic rings. The summed E-state index contributed by atoms with van der Waals surface area (Å²) in [6.07, 6.45) is 5.55. The average Bonchev–Trinajstić information content (AvgIpc) is 2.87. The molecule has 0 spiro atoms. The summed E-state index contributed by atoms with van der Waals surface area (Å²) in [4.78, 5) is 8.64. The molecule has 5 heteroatoms. The lowest BCUT2D eigenvalue weighted by molar-refractivity contribution is 0.713. The Balaban J connectivity index is 2.04. The van der Waals surface area contributed by atoms with Gasteiger partial charge in [0.1, 0.15) is 5.82 Å². The highest BCUT2D eigenvalue weighted by Crippen LogP contribution is 2.16. The van der Waals surface area contributed by atoms with Crippen LogP contribution in [0.3, 0.4) is 0 Å². The molecule has 2 heterocycles. The smallest absolute Gasteiger partial charge is 0.128 e. The molecule has 0 saturated heterocycles. The first-order chi connectivity index (χ1) is 8.24. The molecular formula is C12H13N5. The fourth-order valence-corrected chi connectivity index (χ4v) is 1.91. The molecule has 3 aromatic rings. The Kier molecular flexibility index (Phi) is 2.11. The van der Waals surface area contributed by atoms with Crippen molar-refractivity contribution < 1.29 is 0 Å². The summed E-state index contributed by atoms with van der Waals surface area (Å²) in [6.45, 7) is 0.712. The number of hydrogen-bond acceptors (Lipinski definition) is 3. The van der Waals surface area contributed by atoms with Crippen molar-refractivity contribution in [3.63, 3.8) is 0 Å².